The fourth-order valence-corrected chi connectivity index (χ4v) is 0.448. The van der Waals surface area contributed by atoms with Crippen LogP contribution in [0.2, 0.25) is 0 Å². The highest BCUT2D eigenvalue weighted by Crippen LogP contribution is 1.92. The Morgan fingerprint density at radius 1 is 1.60 bits per heavy atom. The van der Waals surface area contributed by atoms with Gasteiger partial charge in [-0.15, -0.1) is 0 Å². The average molecular weight is 142 g/mol. The number of rotatable bonds is 3. The molecule has 0 unspecified atom stereocenters. The van der Waals surface area contributed by atoms with Gasteiger partial charge in [-0.25, -0.2) is 4.79 Å². The highest BCUT2D eigenvalue weighted by Gasteiger charge is 2.05. The molecule has 0 bridgehead atoms. The lowest BCUT2D eigenvalue weighted by atomic mass is 10.3. The summed E-state index contributed by atoms with van der Waals surface area (Å²) >= 11 is 0. The van der Waals surface area contributed by atoms with Crippen molar-refractivity contribution in [2.75, 3.05) is 6.61 Å². The van der Waals surface area contributed by atoms with Gasteiger partial charge in [0, 0.05) is 0 Å². The molecule has 0 N–H and O–H groups in total. The van der Waals surface area contributed by atoms with Crippen LogP contribution in [0, 0.1) is 0 Å². The van der Waals surface area contributed by atoms with E-state index in [2.05, 4.69) is 4.74 Å². The van der Waals surface area contributed by atoms with Crippen molar-refractivity contribution in [2.45, 2.75) is 13.8 Å². The number of carbonyl (C=O) groups excluding carboxylic acids is 2. The van der Waals surface area contributed by atoms with Gasteiger partial charge in [-0.2, -0.15) is 0 Å². The minimum Gasteiger partial charge on any atom is -0.462 e. The summed E-state index contributed by atoms with van der Waals surface area (Å²) in [6, 6.07) is 0. The van der Waals surface area contributed by atoms with E-state index in [1.165, 1.54) is 6.08 Å². The minimum absolute atomic E-state index is 0.0712. The second-order valence-corrected chi connectivity index (χ2v) is 1.58. The molecule has 0 aliphatic rings. The van der Waals surface area contributed by atoms with Crippen LogP contribution in [-0.4, -0.2) is 18.9 Å². The molecule has 0 aromatic carbocycles. The predicted octanol–water partition coefficient (Wildman–Crippen LogP) is 0.695. The van der Waals surface area contributed by atoms with Crippen molar-refractivity contribution in [3.63, 3.8) is 0 Å². The SMILES string of the molecule is CC=C(C=O)C(=O)OCC. The van der Waals surface area contributed by atoms with Crippen LogP contribution in [0.25, 0.3) is 0 Å². The molecule has 0 spiro atoms. The number of ether oxygens (including phenoxy) is 1. The van der Waals surface area contributed by atoms with Gasteiger partial charge in [0.1, 0.15) is 0 Å². The summed E-state index contributed by atoms with van der Waals surface area (Å²) in [4.78, 5) is 20.8. The molecule has 10 heavy (non-hydrogen) atoms. The molecule has 0 radical (unpaired) electrons. The first kappa shape index (κ1) is 8.88. The van der Waals surface area contributed by atoms with Crippen LogP contribution >= 0.6 is 0 Å². The Labute approximate surface area is 59.7 Å². The molecule has 0 saturated heterocycles. The quantitative estimate of drug-likeness (QED) is 0.191. The number of hydrogen-bond acceptors (Lipinski definition) is 3. The van der Waals surface area contributed by atoms with E-state index in [1.54, 1.807) is 13.8 Å². The summed E-state index contributed by atoms with van der Waals surface area (Å²) in [5.74, 6) is -0.556. The minimum atomic E-state index is -0.556. The summed E-state index contributed by atoms with van der Waals surface area (Å²) in [5.41, 5.74) is 0.0712. The van der Waals surface area contributed by atoms with Gasteiger partial charge >= 0.3 is 5.97 Å². The first-order valence-electron chi connectivity index (χ1n) is 3.04. The molecule has 3 nitrogen and oxygen atoms in total. The fourth-order valence-electron chi connectivity index (χ4n) is 0.448. The molecule has 0 fully saturated rings. The van der Waals surface area contributed by atoms with Crippen LogP contribution in [0.3, 0.4) is 0 Å². The summed E-state index contributed by atoms with van der Waals surface area (Å²) < 4.78 is 4.55. The number of allylic oxidation sites excluding steroid dienone is 1. The van der Waals surface area contributed by atoms with Gasteiger partial charge in [-0.3, -0.25) is 4.79 Å². The highest BCUT2D eigenvalue weighted by molar-refractivity contribution is 6.07. The van der Waals surface area contributed by atoms with Crippen molar-refractivity contribution in [3.05, 3.63) is 11.6 Å². The Balaban J connectivity index is 4.04. The normalized spacial score (nSPS) is 10.8. The maximum absolute atomic E-state index is 10.7. The van der Waals surface area contributed by atoms with Gasteiger partial charge < -0.3 is 4.74 Å². The molecule has 0 saturated carbocycles. The molecule has 56 valence electrons. The molecule has 0 rings (SSSR count). The lowest BCUT2D eigenvalue weighted by Gasteiger charge is -1.97. The standard InChI is InChI=1S/C7H10O3/c1-3-6(5-8)7(9)10-4-2/h3,5H,4H2,1-2H3. The Morgan fingerprint density at radius 2 is 2.20 bits per heavy atom. The molecule has 0 aromatic heterocycles. The van der Waals surface area contributed by atoms with Crippen molar-refractivity contribution in [1.29, 1.82) is 0 Å². The second kappa shape index (κ2) is 4.73. The van der Waals surface area contributed by atoms with E-state index in [9.17, 15) is 9.59 Å². The van der Waals surface area contributed by atoms with Crippen LogP contribution < -0.4 is 0 Å². The zero-order valence-electron chi connectivity index (χ0n) is 6.09. The van der Waals surface area contributed by atoms with Gasteiger partial charge in [-0.05, 0) is 13.8 Å². The van der Waals surface area contributed by atoms with Crippen LogP contribution in [0.15, 0.2) is 11.6 Å². The lowest BCUT2D eigenvalue weighted by molar-refractivity contribution is -0.139. The molecule has 0 amide bonds. The zero-order valence-corrected chi connectivity index (χ0v) is 6.09. The van der Waals surface area contributed by atoms with Gasteiger partial charge in [0.15, 0.2) is 6.29 Å². The third-order valence-electron chi connectivity index (χ3n) is 0.949. The van der Waals surface area contributed by atoms with Crippen LogP contribution in [0.1, 0.15) is 13.8 Å². The number of esters is 1. The molecule has 0 aromatic rings. The molecule has 0 atom stereocenters. The monoisotopic (exact) mass is 142 g/mol. The Morgan fingerprint density at radius 3 is 2.50 bits per heavy atom. The van der Waals surface area contributed by atoms with E-state index in [0.29, 0.717) is 12.9 Å². The Bertz CT molecular complexity index is 158. The Kier molecular flexibility index (Phi) is 4.20. The van der Waals surface area contributed by atoms with Crippen molar-refractivity contribution in [3.8, 4) is 0 Å². The van der Waals surface area contributed by atoms with E-state index in [4.69, 9.17) is 0 Å². The van der Waals surface area contributed by atoms with Crippen molar-refractivity contribution in [1.82, 2.24) is 0 Å². The van der Waals surface area contributed by atoms with E-state index in [1.807, 2.05) is 0 Å². The molecule has 0 aliphatic heterocycles. The van der Waals surface area contributed by atoms with Gasteiger partial charge in [0.25, 0.3) is 0 Å². The molecule has 0 heterocycles. The highest BCUT2D eigenvalue weighted by atomic mass is 16.5. The van der Waals surface area contributed by atoms with E-state index in [0.717, 1.165) is 0 Å². The van der Waals surface area contributed by atoms with Crippen molar-refractivity contribution in [2.24, 2.45) is 0 Å². The first-order valence-corrected chi connectivity index (χ1v) is 3.04. The maximum atomic E-state index is 10.7. The summed E-state index contributed by atoms with van der Waals surface area (Å²) in [6.45, 7) is 3.60. The second-order valence-electron chi connectivity index (χ2n) is 1.58. The van der Waals surface area contributed by atoms with Gasteiger partial charge in [0.2, 0.25) is 0 Å². The zero-order chi connectivity index (χ0) is 7.98. The molecular weight excluding hydrogens is 132 g/mol. The molecule has 0 aliphatic carbocycles. The van der Waals surface area contributed by atoms with E-state index < -0.39 is 5.97 Å². The molecular formula is C7H10O3. The van der Waals surface area contributed by atoms with Crippen LogP contribution in [-0.2, 0) is 14.3 Å². The lowest BCUT2D eigenvalue weighted by Crippen LogP contribution is -2.07. The van der Waals surface area contributed by atoms with E-state index >= 15 is 0 Å². The fraction of sp³-hybridized carbons (Fsp3) is 0.429. The molecule has 3 heteroatoms. The van der Waals surface area contributed by atoms with Crippen LogP contribution in [0.4, 0.5) is 0 Å². The predicted molar refractivity (Wildman–Crippen MR) is 36.5 cm³/mol. The average Bonchev–Trinajstić information content (AvgIpc) is 1.91. The Hall–Kier alpha value is -1.12. The van der Waals surface area contributed by atoms with Gasteiger partial charge in [0.05, 0.1) is 12.2 Å². The maximum Gasteiger partial charge on any atom is 0.341 e. The third-order valence-corrected chi connectivity index (χ3v) is 0.949. The smallest absolute Gasteiger partial charge is 0.341 e. The number of carbonyl (C=O) groups is 2. The van der Waals surface area contributed by atoms with Crippen LogP contribution in [0.5, 0.6) is 0 Å². The largest absolute Gasteiger partial charge is 0.462 e. The van der Waals surface area contributed by atoms with Crippen molar-refractivity contribution < 1.29 is 14.3 Å². The topological polar surface area (TPSA) is 43.4 Å². The summed E-state index contributed by atoms with van der Waals surface area (Å²) in [6.07, 6.45) is 1.91. The number of aldehydes is 1. The third kappa shape index (κ3) is 2.44. The summed E-state index contributed by atoms with van der Waals surface area (Å²) in [5, 5.41) is 0. The van der Waals surface area contributed by atoms with Gasteiger partial charge in [-0.1, -0.05) is 6.08 Å². The van der Waals surface area contributed by atoms with E-state index in [-0.39, 0.29) is 5.57 Å². The first-order chi connectivity index (χ1) is 4.76. The van der Waals surface area contributed by atoms with Crippen molar-refractivity contribution >= 4 is 12.3 Å². The summed E-state index contributed by atoms with van der Waals surface area (Å²) in [7, 11) is 0. The number of hydrogen-bond donors (Lipinski definition) is 0.